The van der Waals surface area contributed by atoms with Gasteiger partial charge in [-0.15, -0.1) is 11.3 Å². The van der Waals surface area contributed by atoms with Crippen LogP contribution in [-0.4, -0.2) is 15.9 Å². The number of anilines is 1. The Labute approximate surface area is 117 Å². The lowest BCUT2D eigenvalue weighted by atomic mass is 10.2. The van der Waals surface area contributed by atoms with Gasteiger partial charge in [-0.25, -0.2) is 0 Å². The van der Waals surface area contributed by atoms with Gasteiger partial charge in [-0.2, -0.15) is 5.26 Å². The number of amides is 1. The zero-order valence-corrected chi connectivity index (χ0v) is 11.5. The Balaban J connectivity index is 1.94. The minimum atomic E-state index is -1.31. The van der Waals surface area contributed by atoms with Crippen LogP contribution in [0, 0.1) is 11.3 Å². The molecule has 1 unspecified atom stereocenters. The van der Waals surface area contributed by atoms with E-state index in [0.717, 1.165) is 0 Å². The van der Waals surface area contributed by atoms with Gasteiger partial charge >= 0.3 is 0 Å². The van der Waals surface area contributed by atoms with Gasteiger partial charge in [0.15, 0.2) is 0 Å². The molecule has 1 atom stereocenters. The second-order valence-corrected chi connectivity index (χ2v) is 6.28. The van der Waals surface area contributed by atoms with Crippen LogP contribution in [0.3, 0.4) is 0 Å². The molecule has 0 aliphatic carbocycles. The van der Waals surface area contributed by atoms with Crippen molar-refractivity contribution in [2.45, 2.75) is 4.21 Å². The number of nitriles is 1. The van der Waals surface area contributed by atoms with Gasteiger partial charge in [-0.1, -0.05) is 6.07 Å². The molecule has 1 heterocycles. The van der Waals surface area contributed by atoms with Crippen molar-refractivity contribution in [2.75, 3.05) is 11.1 Å². The first-order chi connectivity index (χ1) is 9.19. The Bertz CT molecular complexity index is 628. The summed E-state index contributed by atoms with van der Waals surface area (Å²) in [6.45, 7) is 0. The molecule has 0 spiro atoms. The average molecular weight is 290 g/mol. The third-order valence-corrected chi connectivity index (χ3v) is 4.90. The van der Waals surface area contributed by atoms with Crippen LogP contribution in [0.5, 0.6) is 0 Å². The monoisotopic (exact) mass is 290 g/mol. The molecule has 1 aromatic carbocycles. The Morgan fingerprint density at radius 2 is 2.05 bits per heavy atom. The van der Waals surface area contributed by atoms with Gasteiger partial charge in [-0.05, 0) is 35.7 Å². The molecular formula is C13H10N2O2S2. The summed E-state index contributed by atoms with van der Waals surface area (Å²) >= 11 is 1.37. The summed E-state index contributed by atoms with van der Waals surface area (Å²) in [5.41, 5.74) is 1.12. The molecule has 0 radical (unpaired) electrons. The molecule has 2 aromatic rings. The number of carbonyl (C=O) groups excluding carboxylic acids is 1. The molecule has 0 aliphatic rings. The third kappa shape index (κ3) is 3.74. The van der Waals surface area contributed by atoms with Crippen molar-refractivity contribution < 1.29 is 9.00 Å². The molecule has 1 N–H and O–H groups in total. The van der Waals surface area contributed by atoms with Gasteiger partial charge in [0.2, 0.25) is 5.91 Å². The Morgan fingerprint density at radius 1 is 1.32 bits per heavy atom. The van der Waals surface area contributed by atoms with Crippen LogP contribution in [0.1, 0.15) is 5.56 Å². The van der Waals surface area contributed by atoms with Crippen molar-refractivity contribution in [3.05, 3.63) is 47.3 Å². The predicted octanol–water partition coefficient (Wildman–Crippen LogP) is 2.37. The largest absolute Gasteiger partial charge is 0.325 e. The number of carbonyl (C=O) groups is 1. The fraction of sp³-hybridized carbons (Fsp3) is 0.0769. The lowest BCUT2D eigenvalue weighted by Gasteiger charge is -2.04. The third-order valence-electron chi connectivity index (χ3n) is 2.28. The normalized spacial score (nSPS) is 11.5. The van der Waals surface area contributed by atoms with E-state index >= 15 is 0 Å². The van der Waals surface area contributed by atoms with Crippen LogP contribution in [0.15, 0.2) is 46.0 Å². The van der Waals surface area contributed by atoms with Crippen LogP contribution in [0.25, 0.3) is 0 Å². The summed E-state index contributed by atoms with van der Waals surface area (Å²) in [7, 11) is -1.31. The highest BCUT2D eigenvalue weighted by Gasteiger charge is 2.11. The van der Waals surface area contributed by atoms with E-state index in [9.17, 15) is 9.00 Å². The molecule has 0 aliphatic heterocycles. The highest BCUT2D eigenvalue weighted by Crippen LogP contribution is 2.14. The fourth-order valence-electron chi connectivity index (χ4n) is 1.41. The molecular weight excluding hydrogens is 280 g/mol. The van der Waals surface area contributed by atoms with Gasteiger partial charge in [-0.3, -0.25) is 9.00 Å². The van der Waals surface area contributed by atoms with E-state index in [0.29, 0.717) is 15.5 Å². The molecule has 4 nitrogen and oxygen atoms in total. The van der Waals surface area contributed by atoms with Crippen LogP contribution in [0.4, 0.5) is 5.69 Å². The van der Waals surface area contributed by atoms with Crippen molar-refractivity contribution in [3.8, 4) is 6.07 Å². The standard InChI is InChI=1S/C13H10N2O2S2/c14-8-10-3-5-11(6-4-10)15-12(16)9-19(17)13-2-1-7-18-13/h1-7H,9H2,(H,15,16). The van der Waals surface area contributed by atoms with Gasteiger partial charge in [0.05, 0.1) is 26.6 Å². The van der Waals surface area contributed by atoms with Crippen molar-refractivity contribution in [1.82, 2.24) is 0 Å². The van der Waals surface area contributed by atoms with Crippen molar-refractivity contribution in [3.63, 3.8) is 0 Å². The van der Waals surface area contributed by atoms with E-state index in [1.165, 1.54) is 11.3 Å². The lowest BCUT2D eigenvalue weighted by molar-refractivity contribution is -0.113. The van der Waals surface area contributed by atoms with Crippen molar-refractivity contribution in [1.29, 1.82) is 5.26 Å². The molecule has 0 fully saturated rings. The van der Waals surface area contributed by atoms with E-state index in [4.69, 9.17) is 5.26 Å². The summed E-state index contributed by atoms with van der Waals surface area (Å²) in [6, 6.07) is 12.1. The highest BCUT2D eigenvalue weighted by molar-refractivity contribution is 7.88. The molecule has 1 amide bonds. The van der Waals surface area contributed by atoms with Crippen LogP contribution < -0.4 is 5.32 Å². The minimum Gasteiger partial charge on any atom is -0.325 e. The van der Waals surface area contributed by atoms with Gasteiger partial charge < -0.3 is 5.32 Å². The molecule has 19 heavy (non-hydrogen) atoms. The highest BCUT2D eigenvalue weighted by atomic mass is 32.2. The maximum atomic E-state index is 11.8. The number of benzene rings is 1. The first-order valence-electron chi connectivity index (χ1n) is 5.41. The minimum absolute atomic E-state index is 0.0689. The maximum Gasteiger partial charge on any atom is 0.237 e. The molecule has 6 heteroatoms. The molecule has 0 saturated carbocycles. The maximum absolute atomic E-state index is 11.8. The van der Waals surface area contributed by atoms with Gasteiger partial charge in [0.1, 0.15) is 5.75 Å². The average Bonchev–Trinajstić information content (AvgIpc) is 2.93. The Hall–Kier alpha value is -1.97. The Kier molecular flexibility index (Phi) is 4.44. The number of hydrogen-bond acceptors (Lipinski definition) is 4. The zero-order chi connectivity index (χ0) is 13.7. The number of nitrogens with zero attached hydrogens (tertiary/aromatic N) is 1. The fourth-order valence-corrected chi connectivity index (χ4v) is 3.31. The summed E-state index contributed by atoms with van der Waals surface area (Å²) in [4.78, 5) is 11.7. The van der Waals surface area contributed by atoms with E-state index in [1.807, 2.05) is 11.4 Å². The molecule has 0 bridgehead atoms. The molecule has 2 rings (SSSR count). The SMILES string of the molecule is N#Cc1ccc(NC(=O)CS(=O)c2cccs2)cc1. The number of thiophene rings is 1. The van der Waals surface area contributed by atoms with Crippen LogP contribution in [0.2, 0.25) is 0 Å². The first kappa shape index (κ1) is 13.5. The van der Waals surface area contributed by atoms with E-state index in [2.05, 4.69) is 5.32 Å². The number of rotatable bonds is 4. The quantitative estimate of drug-likeness (QED) is 0.939. The Morgan fingerprint density at radius 3 is 2.63 bits per heavy atom. The lowest BCUT2D eigenvalue weighted by Crippen LogP contribution is -2.19. The predicted molar refractivity (Wildman–Crippen MR) is 75.4 cm³/mol. The second-order valence-electron chi connectivity index (χ2n) is 3.66. The summed E-state index contributed by atoms with van der Waals surface area (Å²) < 4.78 is 12.5. The van der Waals surface area contributed by atoms with Crippen LogP contribution in [-0.2, 0) is 15.6 Å². The van der Waals surface area contributed by atoms with E-state index < -0.39 is 10.8 Å². The van der Waals surface area contributed by atoms with Gasteiger partial charge in [0.25, 0.3) is 0 Å². The van der Waals surface area contributed by atoms with Crippen LogP contribution >= 0.6 is 11.3 Å². The zero-order valence-electron chi connectivity index (χ0n) is 9.83. The topological polar surface area (TPSA) is 70.0 Å². The molecule has 0 saturated heterocycles. The number of nitrogens with one attached hydrogen (secondary N) is 1. The van der Waals surface area contributed by atoms with Gasteiger partial charge in [0, 0.05) is 5.69 Å². The molecule has 96 valence electrons. The van der Waals surface area contributed by atoms with Crippen molar-refractivity contribution >= 4 is 33.7 Å². The summed E-state index contributed by atoms with van der Waals surface area (Å²) in [5.74, 6) is -0.378. The second kappa shape index (κ2) is 6.27. The van der Waals surface area contributed by atoms with Crippen molar-refractivity contribution in [2.24, 2.45) is 0 Å². The smallest absolute Gasteiger partial charge is 0.237 e. The summed E-state index contributed by atoms with van der Waals surface area (Å²) in [6.07, 6.45) is 0. The first-order valence-corrected chi connectivity index (χ1v) is 7.61. The van der Waals surface area contributed by atoms with E-state index in [-0.39, 0.29) is 11.7 Å². The molecule has 1 aromatic heterocycles. The van der Waals surface area contributed by atoms with E-state index in [1.54, 1.807) is 36.4 Å². The summed E-state index contributed by atoms with van der Waals surface area (Å²) in [5, 5.41) is 13.1. The number of hydrogen-bond donors (Lipinski definition) is 1.